The molecule has 0 radical (unpaired) electrons. The summed E-state index contributed by atoms with van der Waals surface area (Å²) in [5, 5.41) is 0. The van der Waals surface area contributed by atoms with Crippen molar-refractivity contribution in [3.8, 4) is 5.75 Å². The van der Waals surface area contributed by atoms with Crippen LogP contribution in [0, 0.1) is 11.8 Å². The van der Waals surface area contributed by atoms with E-state index in [-0.39, 0.29) is 11.4 Å². The van der Waals surface area contributed by atoms with Crippen molar-refractivity contribution in [1.82, 2.24) is 4.90 Å². The predicted molar refractivity (Wildman–Crippen MR) is 107 cm³/mol. The second-order valence-electron chi connectivity index (χ2n) is 9.09. The summed E-state index contributed by atoms with van der Waals surface area (Å²) in [6.45, 7) is 5.70. The number of rotatable bonds is 5. The summed E-state index contributed by atoms with van der Waals surface area (Å²) in [6.07, 6.45) is 13.5. The molecule has 3 aliphatic carbocycles. The lowest BCUT2D eigenvalue weighted by Gasteiger charge is -2.60. The lowest BCUT2D eigenvalue weighted by Crippen LogP contribution is -2.68. The van der Waals surface area contributed by atoms with Gasteiger partial charge in [0.1, 0.15) is 5.75 Å². The fourth-order valence-corrected chi connectivity index (χ4v) is 6.00. The minimum absolute atomic E-state index is 0.242. The van der Waals surface area contributed by atoms with Gasteiger partial charge >= 0.3 is 5.97 Å². The van der Waals surface area contributed by atoms with Crippen LogP contribution >= 0.6 is 0 Å². The molecule has 142 valence electrons. The molecule has 4 atom stereocenters. The first kappa shape index (κ1) is 17.2. The van der Waals surface area contributed by atoms with Gasteiger partial charge in [-0.2, -0.15) is 0 Å². The molecule has 2 saturated carbocycles. The molecule has 1 aromatic carbocycles. The molecule has 3 heteroatoms. The predicted octanol–water partition coefficient (Wildman–Crippen LogP) is 4.41. The van der Waals surface area contributed by atoms with E-state index in [1.807, 2.05) is 25.1 Å². The van der Waals surface area contributed by atoms with Crippen LogP contribution in [0.25, 0.3) is 0 Å². The van der Waals surface area contributed by atoms with Crippen LogP contribution in [0.1, 0.15) is 50.7 Å². The van der Waals surface area contributed by atoms with E-state index < -0.39 is 0 Å². The highest BCUT2D eigenvalue weighted by molar-refractivity contribution is 5.84. The molecule has 3 nitrogen and oxygen atoms in total. The Bertz CT molecular complexity index is 822. The fourth-order valence-electron chi connectivity index (χ4n) is 6.00. The summed E-state index contributed by atoms with van der Waals surface area (Å²) < 4.78 is 5.57. The number of benzene rings is 1. The molecule has 0 amide bonds. The smallest absolute Gasteiger partial charge is 0.336 e. The standard InChI is InChI=1S/C24H29NO2/c1-3-4-5-6-22(26)27-18-10-9-17-13-21-23-20(25(21)15-16-7-8-16)11-12-24(23,2)19(17)14-18/h3-6,9-10,14,16,20-21,23H,7-8,11-13,15H2,1-2H3/b4-3+,6-5+. The van der Waals surface area contributed by atoms with Crippen LogP contribution in [0.4, 0.5) is 0 Å². The third-order valence-corrected chi connectivity index (χ3v) is 7.42. The van der Waals surface area contributed by atoms with Crippen LogP contribution in [0.2, 0.25) is 0 Å². The molecule has 27 heavy (non-hydrogen) atoms. The average Bonchev–Trinajstić information content (AvgIpc) is 3.40. The summed E-state index contributed by atoms with van der Waals surface area (Å²) >= 11 is 0. The summed E-state index contributed by atoms with van der Waals surface area (Å²) in [5.41, 5.74) is 3.14. The number of esters is 1. The molecule has 1 heterocycles. The Hall–Kier alpha value is -1.87. The molecule has 0 spiro atoms. The number of hydrogen-bond acceptors (Lipinski definition) is 3. The van der Waals surface area contributed by atoms with E-state index in [2.05, 4.69) is 24.0 Å². The topological polar surface area (TPSA) is 29.5 Å². The molecular formula is C24H29NO2. The monoisotopic (exact) mass is 363 g/mol. The van der Waals surface area contributed by atoms with Gasteiger partial charge in [0.05, 0.1) is 0 Å². The van der Waals surface area contributed by atoms with Crippen LogP contribution in [-0.4, -0.2) is 29.5 Å². The molecular weight excluding hydrogens is 334 g/mol. The first-order valence-corrected chi connectivity index (χ1v) is 10.5. The number of carbonyl (C=O) groups excluding carboxylic acids is 1. The van der Waals surface area contributed by atoms with Gasteiger partial charge < -0.3 is 4.74 Å². The number of ether oxygens (including phenoxy) is 1. The van der Waals surface area contributed by atoms with E-state index >= 15 is 0 Å². The zero-order chi connectivity index (χ0) is 18.6. The van der Waals surface area contributed by atoms with Crippen molar-refractivity contribution < 1.29 is 9.53 Å². The summed E-state index contributed by atoms with van der Waals surface area (Å²) in [4.78, 5) is 14.9. The van der Waals surface area contributed by atoms with E-state index in [0.29, 0.717) is 5.75 Å². The quantitative estimate of drug-likeness (QED) is 0.336. The van der Waals surface area contributed by atoms with Crippen LogP contribution in [0.5, 0.6) is 5.75 Å². The third-order valence-electron chi connectivity index (χ3n) is 7.42. The zero-order valence-corrected chi connectivity index (χ0v) is 16.4. The number of allylic oxidation sites excluding steroid dienone is 3. The highest BCUT2D eigenvalue weighted by Gasteiger charge is 2.63. The van der Waals surface area contributed by atoms with Crippen molar-refractivity contribution in [1.29, 1.82) is 0 Å². The van der Waals surface area contributed by atoms with E-state index in [1.54, 1.807) is 6.08 Å². The van der Waals surface area contributed by atoms with Crippen molar-refractivity contribution in [3.63, 3.8) is 0 Å². The van der Waals surface area contributed by atoms with Gasteiger partial charge in [0.25, 0.3) is 0 Å². The molecule has 3 fully saturated rings. The van der Waals surface area contributed by atoms with Crippen LogP contribution in [0.3, 0.4) is 0 Å². The summed E-state index contributed by atoms with van der Waals surface area (Å²) in [5.74, 6) is 2.12. The molecule has 4 aliphatic rings. The number of carbonyl (C=O) groups is 1. The summed E-state index contributed by atoms with van der Waals surface area (Å²) in [6, 6.07) is 7.84. The SMILES string of the molecule is C/C=C/C=C/C(=O)Oc1ccc2c(c1)C1(C)CCC3C1C(C2)N3CC1CC1. The second-order valence-corrected chi connectivity index (χ2v) is 9.09. The maximum atomic E-state index is 12.0. The van der Waals surface area contributed by atoms with Gasteiger partial charge in [0, 0.05) is 24.7 Å². The summed E-state index contributed by atoms with van der Waals surface area (Å²) in [7, 11) is 0. The van der Waals surface area contributed by atoms with E-state index in [9.17, 15) is 4.79 Å². The molecule has 5 rings (SSSR count). The van der Waals surface area contributed by atoms with Gasteiger partial charge in [0.2, 0.25) is 0 Å². The largest absolute Gasteiger partial charge is 0.423 e. The van der Waals surface area contributed by atoms with Gasteiger partial charge in [-0.3, -0.25) is 4.90 Å². The lowest BCUT2D eigenvalue weighted by molar-refractivity contribution is -0.129. The van der Waals surface area contributed by atoms with Crippen molar-refractivity contribution in [2.45, 2.75) is 63.5 Å². The average molecular weight is 364 g/mol. The molecule has 0 bridgehead atoms. The molecule has 4 unspecified atom stereocenters. The van der Waals surface area contributed by atoms with Crippen LogP contribution in [0.15, 0.2) is 42.5 Å². The first-order chi connectivity index (χ1) is 13.1. The van der Waals surface area contributed by atoms with Crippen molar-refractivity contribution in [3.05, 3.63) is 53.6 Å². The first-order valence-electron chi connectivity index (χ1n) is 10.5. The van der Waals surface area contributed by atoms with Gasteiger partial charge in [-0.1, -0.05) is 31.2 Å². The van der Waals surface area contributed by atoms with Crippen molar-refractivity contribution >= 4 is 5.97 Å². The third kappa shape index (κ3) is 2.79. The minimum Gasteiger partial charge on any atom is -0.423 e. The highest BCUT2D eigenvalue weighted by Crippen LogP contribution is 2.60. The maximum Gasteiger partial charge on any atom is 0.336 e. The number of fused-ring (bicyclic) bond motifs is 2. The highest BCUT2D eigenvalue weighted by atomic mass is 16.5. The molecule has 1 aromatic rings. The lowest BCUT2D eigenvalue weighted by atomic mass is 9.59. The van der Waals surface area contributed by atoms with Crippen LogP contribution < -0.4 is 4.74 Å². The number of likely N-dealkylation sites (tertiary alicyclic amines) is 1. The van der Waals surface area contributed by atoms with Crippen LogP contribution in [-0.2, 0) is 16.6 Å². The Morgan fingerprint density at radius 2 is 2.11 bits per heavy atom. The fraction of sp³-hybridized carbons (Fsp3) is 0.542. The molecule has 1 aliphatic heterocycles. The molecule has 1 saturated heterocycles. The van der Waals surface area contributed by atoms with E-state index in [4.69, 9.17) is 4.74 Å². The Labute approximate surface area is 162 Å². The Morgan fingerprint density at radius 1 is 1.26 bits per heavy atom. The molecule has 0 aromatic heterocycles. The van der Waals surface area contributed by atoms with Crippen molar-refractivity contribution in [2.75, 3.05) is 6.54 Å². The van der Waals surface area contributed by atoms with Gasteiger partial charge in [-0.25, -0.2) is 4.79 Å². The van der Waals surface area contributed by atoms with E-state index in [1.165, 1.54) is 49.4 Å². The Balaban J connectivity index is 1.39. The van der Waals surface area contributed by atoms with Gasteiger partial charge in [-0.05, 0) is 79.5 Å². The molecule has 0 N–H and O–H groups in total. The van der Waals surface area contributed by atoms with E-state index in [0.717, 1.165) is 30.3 Å². The van der Waals surface area contributed by atoms with Gasteiger partial charge in [0.15, 0.2) is 0 Å². The minimum atomic E-state index is -0.310. The second kappa shape index (κ2) is 6.34. The zero-order valence-electron chi connectivity index (χ0n) is 16.4. The number of hydrogen-bond donors (Lipinski definition) is 0. The Kier molecular flexibility index (Phi) is 4.05. The Morgan fingerprint density at radius 3 is 2.89 bits per heavy atom. The maximum absolute atomic E-state index is 12.0. The van der Waals surface area contributed by atoms with Crippen molar-refractivity contribution in [2.24, 2.45) is 11.8 Å². The van der Waals surface area contributed by atoms with Gasteiger partial charge in [-0.15, -0.1) is 0 Å². The normalized spacial score (nSPS) is 34.5. The number of nitrogens with zero attached hydrogens (tertiary/aromatic N) is 1.